The molecule has 8 nitrogen and oxygen atoms in total. The lowest BCUT2D eigenvalue weighted by Gasteiger charge is -2.26. The molecule has 1 N–H and O–H groups in total. The molecule has 0 amide bonds. The Morgan fingerprint density at radius 1 is 1.14 bits per heavy atom. The number of nitrogens with one attached hydrogen (secondary N) is 1. The molecule has 8 heteroatoms. The van der Waals surface area contributed by atoms with E-state index in [1.165, 1.54) is 5.56 Å². The molecule has 3 heterocycles. The van der Waals surface area contributed by atoms with E-state index in [1.807, 2.05) is 24.3 Å². The first-order valence-electron chi connectivity index (χ1n) is 13.0. The Kier molecular flexibility index (Phi) is 8.36. The molecule has 2 aliphatic rings. The second-order valence-corrected chi connectivity index (χ2v) is 9.50. The summed E-state index contributed by atoms with van der Waals surface area (Å²) in [5.74, 6) is 1.27. The molecule has 2 saturated heterocycles. The summed E-state index contributed by atoms with van der Waals surface area (Å²) in [5.41, 5.74) is 4.06. The number of hydrogen-bond acceptors (Lipinski definition) is 8. The van der Waals surface area contributed by atoms with Crippen molar-refractivity contribution in [2.24, 2.45) is 0 Å². The van der Waals surface area contributed by atoms with E-state index >= 15 is 0 Å². The molecule has 0 bridgehead atoms. The summed E-state index contributed by atoms with van der Waals surface area (Å²) in [6.45, 7) is 5.95. The quantitative estimate of drug-likeness (QED) is 0.400. The van der Waals surface area contributed by atoms with Crippen molar-refractivity contribution in [2.45, 2.75) is 31.8 Å². The van der Waals surface area contributed by atoms with E-state index in [0.29, 0.717) is 35.5 Å². The third-order valence-electron chi connectivity index (χ3n) is 6.96. The fourth-order valence-electron chi connectivity index (χ4n) is 4.92. The number of pyridine rings is 1. The Morgan fingerprint density at radius 3 is 2.70 bits per heavy atom. The van der Waals surface area contributed by atoms with E-state index in [1.54, 1.807) is 13.3 Å². The van der Waals surface area contributed by atoms with Crippen molar-refractivity contribution in [3.8, 4) is 17.6 Å². The summed E-state index contributed by atoms with van der Waals surface area (Å²) in [5, 5.41) is 14.0. The Balaban J connectivity index is 1.31. The third kappa shape index (κ3) is 6.31. The lowest BCUT2D eigenvalue weighted by molar-refractivity contribution is 0.0357. The van der Waals surface area contributed by atoms with Crippen LogP contribution in [0.3, 0.4) is 0 Å². The molecule has 1 atom stereocenters. The van der Waals surface area contributed by atoms with Gasteiger partial charge in [-0.2, -0.15) is 5.26 Å². The number of hydrogen-bond donors (Lipinski definition) is 1. The van der Waals surface area contributed by atoms with Gasteiger partial charge in [0.2, 0.25) is 0 Å². The van der Waals surface area contributed by atoms with E-state index in [2.05, 4.69) is 33.4 Å². The van der Waals surface area contributed by atoms with E-state index in [0.717, 1.165) is 81.7 Å². The zero-order chi connectivity index (χ0) is 25.5. The lowest BCUT2D eigenvalue weighted by atomic mass is 10.0. The van der Waals surface area contributed by atoms with Gasteiger partial charge in [0.05, 0.1) is 49.8 Å². The van der Waals surface area contributed by atoms with E-state index in [9.17, 15) is 5.26 Å². The van der Waals surface area contributed by atoms with Crippen LogP contribution in [0.15, 0.2) is 42.6 Å². The van der Waals surface area contributed by atoms with Crippen LogP contribution < -0.4 is 14.8 Å². The maximum atomic E-state index is 9.78. The molecule has 0 radical (unpaired) electrons. The van der Waals surface area contributed by atoms with Crippen molar-refractivity contribution in [1.29, 1.82) is 5.26 Å². The van der Waals surface area contributed by atoms with Gasteiger partial charge in [0.15, 0.2) is 11.5 Å². The molecule has 1 aromatic heterocycles. The van der Waals surface area contributed by atoms with Gasteiger partial charge in [-0.05, 0) is 49.4 Å². The number of fused-ring (bicyclic) bond motifs is 1. The van der Waals surface area contributed by atoms with E-state index in [-0.39, 0.29) is 0 Å². The lowest BCUT2D eigenvalue weighted by Crippen LogP contribution is -2.37. The molecule has 2 fully saturated rings. The number of nitrogens with zero attached hydrogens (tertiary/aromatic N) is 3. The highest BCUT2D eigenvalue weighted by Crippen LogP contribution is 2.37. The zero-order valence-corrected chi connectivity index (χ0v) is 21.4. The van der Waals surface area contributed by atoms with Gasteiger partial charge in [-0.3, -0.25) is 9.88 Å². The molecule has 0 aliphatic carbocycles. The summed E-state index contributed by atoms with van der Waals surface area (Å²) >= 11 is 0. The van der Waals surface area contributed by atoms with Crippen LogP contribution >= 0.6 is 0 Å². The molecule has 5 rings (SSSR count). The van der Waals surface area contributed by atoms with Crippen LogP contribution in [0.1, 0.15) is 30.4 Å². The second-order valence-electron chi connectivity index (χ2n) is 9.50. The molecular weight excluding hydrogens is 468 g/mol. The van der Waals surface area contributed by atoms with Crippen LogP contribution in [0.25, 0.3) is 10.9 Å². The molecule has 0 saturated carbocycles. The van der Waals surface area contributed by atoms with E-state index in [4.69, 9.17) is 18.9 Å². The van der Waals surface area contributed by atoms with Gasteiger partial charge in [-0.25, -0.2) is 0 Å². The van der Waals surface area contributed by atoms with Gasteiger partial charge < -0.3 is 24.3 Å². The molecule has 0 spiro atoms. The normalized spacial score (nSPS) is 18.0. The summed E-state index contributed by atoms with van der Waals surface area (Å²) in [7, 11) is 1.63. The molecule has 194 valence electrons. The molecular formula is C29H34N4O4. The van der Waals surface area contributed by atoms with Gasteiger partial charge in [0.25, 0.3) is 0 Å². The summed E-state index contributed by atoms with van der Waals surface area (Å²) in [4.78, 5) is 6.92. The van der Waals surface area contributed by atoms with Crippen molar-refractivity contribution in [3.63, 3.8) is 0 Å². The van der Waals surface area contributed by atoms with Gasteiger partial charge in [0.1, 0.15) is 6.07 Å². The average molecular weight is 503 g/mol. The van der Waals surface area contributed by atoms with E-state index < -0.39 is 0 Å². The summed E-state index contributed by atoms with van der Waals surface area (Å²) in [6, 6.07) is 14.4. The minimum Gasteiger partial charge on any atom is -0.493 e. The largest absolute Gasteiger partial charge is 0.493 e. The molecule has 2 aliphatic heterocycles. The van der Waals surface area contributed by atoms with Crippen LogP contribution in [-0.2, 0) is 15.9 Å². The predicted molar refractivity (Wildman–Crippen MR) is 143 cm³/mol. The number of ether oxygens (including phenoxy) is 4. The number of aromatic nitrogens is 1. The third-order valence-corrected chi connectivity index (χ3v) is 6.96. The fraction of sp³-hybridized carbons (Fsp3) is 0.448. The minimum absolute atomic E-state index is 0.316. The molecule has 1 unspecified atom stereocenters. The smallest absolute Gasteiger partial charge is 0.163 e. The van der Waals surface area contributed by atoms with Crippen LogP contribution in [-0.4, -0.2) is 69.2 Å². The number of methoxy groups -OCH3 is 1. The molecule has 3 aromatic rings. The van der Waals surface area contributed by atoms with Gasteiger partial charge in [0, 0.05) is 49.6 Å². The highest BCUT2D eigenvalue weighted by Gasteiger charge is 2.17. The Labute approximate surface area is 218 Å². The first kappa shape index (κ1) is 25.3. The average Bonchev–Trinajstić information content (AvgIpc) is 3.45. The first-order valence-corrected chi connectivity index (χ1v) is 13.0. The highest BCUT2D eigenvalue weighted by molar-refractivity contribution is 5.97. The van der Waals surface area contributed by atoms with Crippen LogP contribution in [0.4, 0.5) is 11.4 Å². The van der Waals surface area contributed by atoms with Crippen molar-refractivity contribution >= 4 is 22.3 Å². The number of nitriles is 1. The monoisotopic (exact) mass is 502 g/mol. The van der Waals surface area contributed by atoms with Crippen molar-refractivity contribution in [2.75, 3.05) is 58.5 Å². The number of morpholine rings is 1. The fourth-order valence-corrected chi connectivity index (χ4v) is 4.92. The number of benzene rings is 2. The van der Waals surface area contributed by atoms with Crippen LogP contribution in [0.5, 0.6) is 11.5 Å². The Morgan fingerprint density at radius 2 is 1.97 bits per heavy atom. The predicted octanol–water partition coefficient (Wildman–Crippen LogP) is 4.68. The Hall–Kier alpha value is -3.38. The maximum Gasteiger partial charge on any atom is 0.163 e. The maximum absolute atomic E-state index is 9.78. The standard InChI is InChI=1S/C29H34N4O4/c1-34-27-17-25-26(18-28(27)37-13-3-9-33-10-14-35-15-11-33)31-20-22(19-30)29(25)32-23-7-5-21(6-8-23)16-24-4-2-12-36-24/h5-8,17-18,20,24H,2-4,9-16H2,1H3,(H,31,32). The first-order chi connectivity index (χ1) is 18.2. The van der Waals surface area contributed by atoms with Crippen LogP contribution in [0.2, 0.25) is 0 Å². The van der Waals surface area contributed by atoms with Crippen LogP contribution in [0, 0.1) is 11.3 Å². The number of rotatable bonds is 10. The highest BCUT2D eigenvalue weighted by atomic mass is 16.5. The van der Waals surface area contributed by atoms with Crippen molar-refractivity contribution in [1.82, 2.24) is 9.88 Å². The minimum atomic E-state index is 0.316. The van der Waals surface area contributed by atoms with Crippen molar-refractivity contribution in [3.05, 3.63) is 53.7 Å². The number of anilines is 2. The Bertz CT molecular complexity index is 1230. The molecule has 37 heavy (non-hydrogen) atoms. The SMILES string of the molecule is COc1cc2c(Nc3ccc(CC4CCCO4)cc3)c(C#N)cnc2cc1OCCCN1CCOCC1. The summed E-state index contributed by atoms with van der Waals surface area (Å²) in [6.07, 6.45) is 6.02. The second kappa shape index (κ2) is 12.2. The topological polar surface area (TPSA) is 88.9 Å². The van der Waals surface area contributed by atoms with Crippen molar-refractivity contribution < 1.29 is 18.9 Å². The van der Waals surface area contributed by atoms with Gasteiger partial charge >= 0.3 is 0 Å². The molecule has 2 aromatic carbocycles. The summed E-state index contributed by atoms with van der Waals surface area (Å²) < 4.78 is 22.9. The van der Waals surface area contributed by atoms with Gasteiger partial charge in [-0.1, -0.05) is 12.1 Å². The zero-order valence-electron chi connectivity index (χ0n) is 21.4. The van der Waals surface area contributed by atoms with Gasteiger partial charge in [-0.15, -0.1) is 0 Å².